The largest absolute Gasteiger partial charge is 0.490 e. The van der Waals surface area contributed by atoms with Gasteiger partial charge >= 0.3 is 23.9 Å². The summed E-state index contributed by atoms with van der Waals surface area (Å²) in [6.45, 7) is 2.18. The third-order valence-corrected chi connectivity index (χ3v) is 4.37. The first-order valence-corrected chi connectivity index (χ1v) is 11.0. The van der Waals surface area contributed by atoms with E-state index in [0.29, 0.717) is 44.7 Å². The minimum atomic E-state index is -1.36. The molecule has 0 saturated heterocycles. The SMILES string of the molecule is C/C(=C\C(=O)O)C(=O)O.CO/C(=C/C(=O)C(CCCN)[C@H](N)C=O)C(=O)O.NCCCC[C@H](N)C(=O)O. The van der Waals surface area contributed by atoms with Crippen molar-refractivity contribution in [3.63, 3.8) is 0 Å². The van der Waals surface area contributed by atoms with Crippen molar-refractivity contribution < 1.29 is 53.9 Å². The summed E-state index contributed by atoms with van der Waals surface area (Å²) < 4.78 is 4.54. The van der Waals surface area contributed by atoms with Crippen LogP contribution in [0, 0.1) is 5.92 Å². The van der Waals surface area contributed by atoms with Crippen LogP contribution in [-0.4, -0.2) is 88.7 Å². The molecule has 0 aromatic carbocycles. The highest BCUT2D eigenvalue weighted by molar-refractivity contribution is 6.00. The molecule has 0 rings (SSSR count). The van der Waals surface area contributed by atoms with Gasteiger partial charge in [0.2, 0.25) is 5.76 Å². The van der Waals surface area contributed by atoms with Gasteiger partial charge in [0.15, 0.2) is 5.78 Å². The number of carboxylic acid groups (broad SMARTS) is 4. The third kappa shape index (κ3) is 21.4. The molecule has 0 bridgehead atoms. The number of ketones is 1. The van der Waals surface area contributed by atoms with Crippen molar-refractivity contribution in [2.24, 2.45) is 28.9 Å². The number of ether oxygens (including phenoxy) is 1. The Bertz CT molecular complexity index is 812. The lowest BCUT2D eigenvalue weighted by molar-refractivity contribution is -0.139. The Morgan fingerprint density at radius 3 is 1.70 bits per heavy atom. The molecular weight excluding hydrogens is 496 g/mol. The highest BCUT2D eigenvalue weighted by Crippen LogP contribution is 2.13. The predicted molar refractivity (Wildman–Crippen MR) is 131 cm³/mol. The Kier molecular flexibility index (Phi) is 23.3. The number of nitrogens with two attached hydrogens (primary N) is 4. The zero-order chi connectivity index (χ0) is 29.6. The number of aldehydes is 1. The van der Waals surface area contributed by atoms with Crippen molar-refractivity contribution >= 4 is 35.9 Å². The van der Waals surface area contributed by atoms with Gasteiger partial charge in [-0.2, -0.15) is 0 Å². The van der Waals surface area contributed by atoms with Crippen LogP contribution < -0.4 is 22.9 Å². The van der Waals surface area contributed by atoms with E-state index in [1.54, 1.807) is 0 Å². The highest BCUT2D eigenvalue weighted by Gasteiger charge is 2.25. The molecule has 1 unspecified atom stereocenters. The number of hydrogen-bond donors (Lipinski definition) is 8. The smallest absolute Gasteiger partial charge is 0.371 e. The highest BCUT2D eigenvalue weighted by atomic mass is 16.5. The van der Waals surface area contributed by atoms with Crippen LogP contribution in [0.15, 0.2) is 23.5 Å². The van der Waals surface area contributed by atoms with Gasteiger partial charge in [-0.15, -0.1) is 0 Å². The third-order valence-electron chi connectivity index (χ3n) is 4.37. The van der Waals surface area contributed by atoms with Crippen LogP contribution in [0.25, 0.3) is 0 Å². The van der Waals surface area contributed by atoms with Gasteiger partial charge in [-0.3, -0.25) is 9.59 Å². The Labute approximate surface area is 214 Å². The second-order valence-electron chi connectivity index (χ2n) is 7.37. The molecule has 0 saturated carbocycles. The van der Waals surface area contributed by atoms with Gasteiger partial charge in [0.05, 0.1) is 13.2 Å². The van der Waals surface area contributed by atoms with E-state index in [1.165, 1.54) is 6.92 Å². The average Bonchev–Trinajstić information content (AvgIpc) is 2.82. The maximum Gasteiger partial charge on any atom is 0.371 e. The topological polar surface area (TPSA) is 297 Å². The number of carbonyl (C=O) groups is 6. The minimum absolute atomic E-state index is 0.178. The molecular formula is C22H38N4O11. The molecule has 212 valence electrons. The van der Waals surface area contributed by atoms with Crippen molar-refractivity contribution in [2.45, 2.75) is 51.1 Å². The summed E-state index contributed by atoms with van der Waals surface area (Å²) in [5, 5.41) is 33.1. The quantitative estimate of drug-likeness (QED) is 0.0492. The summed E-state index contributed by atoms with van der Waals surface area (Å²) in [6.07, 6.45) is 4.94. The summed E-state index contributed by atoms with van der Waals surface area (Å²) >= 11 is 0. The summed E-state index contributed by atoms with van der Waals surface area (Å²) in [4.78, 5) is 62.9. The van der Waals surface area contributed by atoms with Crippen LogP contribution in [0.4, 0.5) is 0 Å². The number of hydrogen-bond acceptors (Lipinski definition) is 11. The lowest BCUT2D eigenvalue weighted by Crippen LogP contribution is -2.36. The van der Waals surface area contributed by atoms with E-state index in [0.717, 1.165) is 26.0 Å². The lowest BCUT2D eigenvalue weighted by atomic mass is 9.91. The van der Waals surface area contributed by atoms with Crippen molar-refractivity contribution in [2.75, 3.05) is 20.2 Å². The van der Waals surface area contributed by atoms with Gasteiger partial charge in [-0.05, 0) is 45.7 Å². The van der Waals surface area contributed by atoms with E-state index < -0.39 is 53.4 Å². The molecule has 0 aromatic heterocycles. The Morgan fingerprint density at radius 2 is 1.38 bits per heavy atom. The molecule has 0 amide bonds. The van der Waals surface area contributed by atoms with Gasteiger partial charge in [-0.1, -0.05) is 6.42 Å². The van der Waals surface area contributed by atoms with E-state index in [2.05, 4.69) is 4.74 Å². The van der Waals surface area contributed by atoms with Crippen molar-refractivity contribution in [1.29, 1.82) is 0 Å². The fourth-order valence-electron chi connectivity index (χ4n) is 2.28. The molecule has 0 aromatic rings. The number of allylic oxidation sites excluding steroid dienone is 1. The number of aliphatic carboxylic acids is 4. The van der Waals surface area contributed by atoms with Crippen molar-refractivity contribution in [3.8, 4) is 0 Å². The van der Waals surface area contributed by atoms with Gasteiger partial charge in [0.25, 0.3) is 0 Å². The number of carboxylic acids is 4. The molecule has 3 atom stereocenters. The minimum Gasteiger partial charge on any atom is -0.490 e. The molecule has 15 nitrogen and oxygen atoms in total. The fraction of sp³-hybridized carbons (Fsp3) is 0.545. The van der Waals surface area contributed by atoms with Crippen LogP contribution in [0.3, 0.4) is 0 Å². The van der Waals surface area contributed by atoms with E-state index in [1.807, 2.05) is 0 Å². The van der Waals surface area contributed by atoms with E-state index in [9.17, 15) is 28.8 Å². The van der Waals surface area contributed by atoms with Crippen LogP contribution in [0.1, 0.15) is 39.0 Å². The summed E-state index contributed by atoms with van der Waals surface area (Å²) in [7, 11) is 1.14. The number of methoxy groups -OCH3 is 1. The second-order valence-corrected chi connectivity index (χ2v) is 7.37. The Morgan fingerprint density at radius 1 is 0.838 bits per heavy atom. The van der Waals surface area contributed by atoms with Crippen LogP contribution in [-0.2, 0) is 33.5 Å². The van der Waals surface area contributed by atoms with Crippen LogP contribution in [0.2, 0.25) is 0 Å². The van der Waals surface area contributed by atoms with E-state index in [4.69, 9.17) is 43.4 Å². The molecule has 0 aliphatic carbocycles. The summed E-state index contributed by atoms with van der Waals surface area (Å²) in [5.41, 5.74) is 21.1. The van der Waals surface area contributed by atoms with Crippen LogP contribution >= 0.6 is 0 Å². The monoisotopic (exact) mass is 534 g/mol. The fourth-order valence-corrected chi connectivity index (χ4v) is 2.28. The maximum absolute atomic E-state index is 11.8. The molecule has 12 N–H and O–H groups in total. The molecule has 37 heavy (non-hydrogen) atoms. The molecule has 0 aliphatic rings. The first-order chi connectivity index (χ1) is 17.2. The van der Waals surface area contributed by atoms with Gasteiger partial charge < -0.3 is 52.9 Å². The molecule has 0 fully saturated rings. The van der Waals surface area contributed by atoms with Gasteiger partial charge in [0.1, 0.15) is 12.3 Å². The molecule has 0 radical (unpaired) electrons. The zero-order valence-corrected chi connectivity index (χ0v) is 20.9. The standard InChI is InChI=1S/C11H18N2O5.C6H14N2O2.C5H6O4/c1-18-10(11(16)17)5-9(15)7(3-2-4-12)8(13)6-14;7-4-2-1-3-5(8)6(9)10;1-3(5(8)9)2-4(6)7/h5-8H,2-4,12-13H2,1H3,(H,16,17);5H,1-4,7-8H2,(H,9,10);2H,1H3,(H,6,7)(H,8,9)/b10-5+;;3-2+/t7?,8-;5-;/m10./s1. The van der Waals surface area contributed by atoms with Gasteiger partial charge in [0, 0.05) is 23.6 Å². The normalized spacial score (nSPS) is 13.4. The van der Waals surface area contributed by atoms with Gasteiger partial charge in [-0.25, -0.2) is 14.4 Å². The lowest BCUT2D eigenvalue weighted by Gasteiger charge is -2.16. The molecule has 0 aliphatic heterocycles. The molecule has 15 heteroatoms. The van der Waals surface area contributed by atoms with E-state index >= 15 is 0 Å². The van der Waals surface area contributed by atoms with E-state index in [-0.39, 0.29) is 5.57 Å². The maximum atomic E-state index is 11.8. The Hall–Kier alpha value is -3.66. The summed E-state index contributed by atoms with van der Waals surface area (Å²) in [5.74, 6) is -6.57. The zero-order valence-electron chi connectivity index (χ0n) is 20.9. The van der Waals surface area contributed by atoms with Crippen LogP contribution in [0.5, 0.6) is 0 Å². The molecule has 0 heterocycles. The van der Waals surface area contributed by atoms with Crippen molar-refractivity contribution in [3.05, 3.63) is 23.5 Å². The number of carbonyl (C=O) groups excluding carboxylic acids is 2. The second kappa shape index (κ2) is 22.8. The first kappa shape index (κ1) is 37.9. The first-order valence-electron chi connectivity index (χ1n) is 11.0. The predicted octanol–water partition coefficient (Wildman–Crippen LogP) is -1.32. The Balaban J connectivity index is -0.000000515. The number of unbranched alkanes of at least 4 members (excludes halogenated alkanes) is 1. The summed E-state index contributed by atoms with van der Waals surface area (Å²) in [6, 6.07) is -1.70. The molecule has 0 spiro atoms. The average molecular weight is 535 g/mol. The number of rotatable bonds is 16. The van der Waals surface area contributed by atoms with Crippen molar-refractivity contribution in [1.82, 2.24) is 0 Å².